The smallest absolute Gasteiger partial charge is 0.184 e. The van der Waals surface area contributed by atoms with Crippen LogP contribution in [0.4, 0.5) is 22.0 Å². The van der Waals surface area contributed by atoms with Crippen LogP contribution in [0.15, 0.2) is 30.3 Å². The minimum absolute atomic E-state index is 0.368. The van der Waals surface area contributed by atoms with Crippen molar-refractivity contribution in [1.29, 1.82) is 0 Å². The predicted octanol–water partition coefficient (Wildman–Crippen LogP) is 4.07. The fourth-order valence-corrected chi connectivity index (χ4v) is 1.53. The van der Waals surface area contributed by atoms with Crippen molar-refractivity contribution in [3.63, 3.8) is 0 Å². The zero-order valence-electron chi connectivity index (χ0n) is 7.39. The third kappa shape index (κ3) is 3.37. The highest BCUT2D eigenvalue weighted by Gasteiger charge is 2.57. The summed E-state index contributed by atoms with van der Waals surface area (Å²) in [6.07, 6.45) is -5.49. The number of rotatable bonds is 3. The standard InChI is InChI=1S/C9H7F5S/c10-8(11,12)9(13,14)15-6-7-4-2-1-3-5-7/h1-5H,6H2. The van der Waals surface area contributed by atoms with Crippen molar-refractivity contribution in [2.75, 3.05) is 0 Å². The van der Waals surface area contributed by atoms with Crippen molar-refractivity contribution >= 4 is 11.8 Å². The van der Waals surface area contributed by atoms with Crippen LogP contribution in [0.3, 0.4) is 0 Å². The third-order valence-corrected chi connectivity index (χ3v) is 2.66. The van der Waals surface area contributed by atoms with Gasteiger partial charge in [0.25, 0.3) is 0 Å². The molecule has 0 aliphatic rings. The summed E-state index contributed by atoms with van der Waals surface area (Å²) in [6, 6.07) is 7.83. The van der Waals surface area contributed by atoms with E-state index in [0.717, 1.165) is 0 Å². The molecule has 0 aliphatic carbocycles. The van der Waals surface area contributed by atoms with Gasteiger partial charge < -0.3 is 0 Å². The molecule has 0 unspecified atom stereocenters. The number of halogens is 5. The Morgan fingerprint density at radius 2 is 1.47 bits per heavy atom. The second-order valence-electron chi connectivity index (χ2n) is 2.79. The lowest BCUT2D eigenvalue weighted by molar-refractivity contribution is -0.237. The van der Waals surface area contributed by atoms with Gasteiger partial charge in [-0.1, -0.05) is 42.1 Å². The molecule has 1 aromatic rings. The van der Waals surface area contributed by atoms with Gasteiger partial charge in [-0.3, -0.25) is 0 Å². The highest BCUT2D eigenvalue weighted by molar-refractivity contribution is 7.99. The first-order valence-electron chi connectivity index (χ1n) is 3.95. The maximum atomic E-state index is 12.5. The summed E-state index contributed by atoms with van der Waals surface area (Å²) in [5.74, 6) is -0.368. The van der Waals surface area contributed by atoms with Crippen LogP contribution < -0.4 is 0 Å². The summed E-state index contributed by atoms with van der Waals surface area (Å²) in [6.45, 7) is 0. The lowest BCUT2D eigenvalue weighted by atomic mass is 10.2. The topological polar surface area (TPSA) is 0 Å². The van der Waals surface area contributed by atoms with E-state index in [1.165, 1.54) is 12.1 Å². The average Bonchev–Trinajstić information content (AvgIpc) is 2.15. The normalized spacial score (nSPS) is 12.9. The van der Waals surface area contributed by atoms with Crippen LogP contribution in [0.5, 0.6) is 0 Å². The summed E-state index contributed by atoms with van der Waals surface area (Å²) in [7, 11) is 0. The molecular formula is C9H7F5S. The molecule has 0 fully saturated rings. The van der Waals surface area contributed by atoms with Gasteiger partial charge in [-0.05, 0) is 5.56 Å². The Balaban J connectivity index is 2.58. The van der Waals surface area contributed by atoms with Crippen molar-refractivity contribution < 1.29 is 22.0 Å². The Hall–Kier alpha value is -0.780. The zero-order valence-corrected chi connectivity index (χ0v) is 8.21. The monoisotopic (exact) mass is 242 g/mol. The van der Waals surface area contributed by atoms with Crippen molar-refractivity contribution in [3.8, 4) is 0 Å². The number of benzene rings is 1. The molecule has 0 amide bonds. The molecule has 0 aliphatic heterocycles. The molecule has 0 atom stereocenters. The molecule has 0 heterocycles. The van der Waals surface area contributed by atoms with Gasteiger partial charge in [0.1, 0.15) is 0 Å². The minimum Gasteiger partial charge on any atom is -0.184 e. The second kappa shape index (κ2) is 4.38. The van der Waals surface area contributed by atoms with Gasteiger partial charge in [0.05, 0.1) is 0 Å². The number of hydrogen-bond acceptors (Lipinski definition) is 1. The van der Waals surface area contributed by atoms with E-state index in [9.17, 15) is 22.0 Å². The highest BCUT2D eigenvalue weighted by atomic mass is 32.2. The van der Waals surface area contributed by atoms with Gasteiger partial charge in [-0.2, -0.15) is 22.0 Å². The molecule has 0 saturated carbocycles. The van der Waals surface area contributed by atoms with Gasteiger partial charge in [-0.25, -0.2) is 0 Å². The number of hydrogen-bond donors (Lipinski definition) is 0. The van der Waals surface area contributed by atoms with Gasteiger partial charge in [0.15, 0.2) is 0 Å². The molecule has 0 saturated heterocycles. The van der Waals surface area contributed by atoms with Crippen LogP contribution in [0.2, 0.25) is 0 Å². The summed E-state index contributed by atoms with van der Waals surface area (Å²) < 4.78 is 60.2. The first-order valence-corrected chi connectivity index (χ1v) is 4.94. The summed E-state index contributed by atoms with van der Waals surface area (Å²) in [5, 5.41) is -4.69. The molecule has 0 nitrogen and oxygen atoms in total. The quantitative estimate of drug-likeness (QED) is 0.720. The number of thioether (sulfide) groups is 1. The van der Waals surface area contributed by atoms with Crippen LogP contribution in [0.25, 0.3) is 0 Å². The van der Waals surface area contributed by atoms with Gasteiger partial charge in [0.2, 0.25) is 0 Å². The van der Waals surface area contributed by atoms with E-state index < -0.39 is 23.2 Å². The first-order chi connectivity index (χ1) is 6.83. The average molecular weight is 242 g/mol. The van der Waals surface area contributed by atoms with Crippen LogP contribution in [0.1, 0.15) is 5.56 Å². The summed E-state index contributed by atoms with van der Waals surface area (Å²) in [5.41, 5.74) is 0.437. The molecule has 0 aromatic heterocycles. The largest absolute Gasteiger partial charge is 0.464 e. The Morgan fingerprint density at radius 3 is 1.93 bits per heavy atom. The van der Waals surface area contributed by atoms with Crippen LogP contribution in [-0.4, -0.2) is 11.4 Å². The van der Waals surface area contributed by atoms with Crippen LogP contribution in [-0.2, 0) is 5.75 Å². The Kier molecular flexibility index (Phi) is 3.59. The Bertz CT molecular complexity index is 306. The van der Waals surface area contributed by atoms with Crippen LogP contribution >= 0.6 is 11.8 Å². The maximum Gasteiger partial charge on any atom is 0.464 e. The molecule has 0 N–H and O–H groups in total. The van der Waals surface area contributed by atoms with Gasteiger partial charge in [-0.15, -0.1) is 0 Å². The molecule has 0 radical (unpaired) electrons. The third-order valence-electron chi connectivity index (χ3n) is 1.59. The van der Waals surface area contributed by atoms with Crippen molar-refractivity contribution in [2.24, 2.45) is 0 Å². The van der Waals surface area contributed by atoms with Crippen molar-refractivity contribution in [3.05, 3.63) is 35.9 Å². The molecular weight excluding hydrogens is 235 g/mol. The lowest BCUT2D eigenvalue weighted by Crippen LogP contribution is -2.32. The lowest BCUT2D eigenvalue weighted by Gasteiger charge is -2.18. The molecule has 1 rings (SSSR count). The summed E-state index contributed by atoms with van der Waals surface area (Å²) in [4.78, 5) is 0. The molecule has 0 spiro atoms. The SMILES string of the molecule is FC(F)(F)C(F)(F)SCc1ccccc1. The highest BCUT2D eigenvalue weighted by Crippen LogP contribution is 2.45. The van der Waals surface area contributed by atoms with E-state index in [0.29, 0.717) is 5.56 Å². The molecule has 84 valence electrons. The van der Waals surface area contributed by atoms with Gasteiger partial charge in [0, 0.05) is 5.75 Å². The molecule has 0 bridgehead atoms. The fourth-order valence-electron chi connectivity index (χ4n) is 0.830. The van der Waals surface area contributed by atoms with Gasteiger partial charge >= 0.3 is 11.4 Å². The number of alkyl halides is 5. The minimum atomic E-state index is -5.49. The maximum absolute atomic E-state index is 12.5. The van der Waals surface area contributed by atoms with Crippen LogP contribution in [0, 0.1) is 0 Å². The van der Waals surface area contributed by atoms with Crippen molar-refractivity contribution in [2.45, 2.75) is 17.2 Å². The van der Waals surface area contributed by atoms with E-state index in [4.69, 9.17) is 0 Å². The molecule has 15 heavy (non-hydrogen) atoms. The molecule has 1 aromatic carbocycles. The second-order valence-corrected chi connectivity index (χ2v) is 3.88. The van der Waals surface area contributed by atoms with E-state index in [1.807, 2.05) is 0 Å². The zero-order chi connectivity index (χ0) is 11.5. The first kappa shape index (κ1) is 12.3. The molecule has 6 heteroatoms. The predicted molar refractivity (Wildman–Crippen MR) is 48.7 cm³/mol. The van der Waals surface area contributed by atoms with E-state index in [2.05, 4.69) is 0 Å². The Morgan fingerprint density at radius 1 is 0.933 bits per heavy atom. The van der Waals surface area contributed by atoms with Crippen molar-refractivity contribution in [1.82, 2.24) is 0 Å². The fraction of sp³-hybridized carbons (Fsp3) is 0.333. The van der Waals surface area contributed by atoms with E-state index >= 15 is 0 Å². The summed E-state index contributed by atoms with van der Waals surface area (Å²) >= 11 is -0.420. The van der Waals surface area contributed by atoms with E-state index in [-0.39, 0.29) is 5.75 Å². The Labute approximate surface area is 87.5 Å². The van der Waals surface area contributed by atoms with E-state index in [1.54, 1.807) is 18.2 Å².